The minimum Gasteiger partial charge on any atom is -0.481 e. The minimum atomic E-state index is -0.838. The Morgan fingerprint density at radius 2 is 1.80 bits per heavy atom. The topological polar surface area (TPSA) is 75.6 Å². The molecule has 20 heavy (non-hydrogen) atoms. The zero-order valence-corrected chi connectivity index (χ0v) is 12.6. The number of carbonyl (C=O) groups excluding carboxylic acids is 1. The van der Waals surface area contributed by atoms with Gasteiger partial charge in [0.05, 0.1) is 6.10 Å². The number of aliphatic carboxylic acids is 1. The molecule has 2 unspecified atom stereocenters. The van der Waals surface area contributed by atoms with Crippen molar-refractivity contribution in [3.05, 3.63) is 0 Å². The first kappa shape index (κ1) is 17.0. The summed E-state index contributed by atoms with van der Waals surface area (Å²) >= 11 is 0. The molecule has 0 heterocycles. The van der Waals surface area contributed by atoms with Crippen LogP contribution in [0.4, 0.5) is 0 Å². The summed E-state index contributed by atoms with van der Waals surface area (Å²) in [4.78, 5) is 22.5. The molecule has 0 bridgehead atoms. The van der Waals surface area contributed by atoms with E-state index in [4.69, 9.17) is 9.84 Å². The van der Waals surface area contributed by atoms with E-state index in [1.165, 1.54) is 25.7 Å². The van der Waals surface area contributed by atoms with Crippen molar-refractivity contribution in [1.29, 1.82) is 0 Å². The van der Waals surface area contributed by atoms with Crippen molar-refractivity contribution in [3.63, 3.8) is 0 Å². The molecule has 0 aromatic heterocycles. The molecule has 0 radical (unpaired) electrons. The zero-order chi connectivity index (χ0) is 15.0. The van der Waals surface area contributed by atoms with Crippen molar-refractivity contribution in [2.75, 3.05) is 6.54 Å². The van der Waals surface area contributed by atoms with Gasteiger partial charge in [-0.2, -0.15) is 0 Å². The van der Waals surface area contributed by atoms with E-state index < -0.39 is 12.1 Å². The van der Waals surface area contributed by atoms with Gasteiger partial charge in [-0.25, -0.2) is 0 Å². The summed E-state index contributed by atoms with van der Waals surface area (Å²) in [5, 5.41) is 11.4. The van der Waals surface area contributed by atoms with Crippen LogP contribution in [0.3, 0.4) is 0 Å². The molecule has 5 heteroatoms. The van der Waals surface area contributed by atoms with Crippen LogP contribution in [0, 0.1) is 5.92 Å². The molecule has 1 aliphatic rings. The van der Waals surface area contributed by atoms with Gasteiger partial charge < -0.3 is 15.2 Å². The Bertz CT molecular complexity index is 311. The Labute approximate surface area is 121 Å². The van der Waals surface area contributed by atoms with Crippen LogP contribution in [0.15, 0.2) is 0 Å². The molecule has 0 aliphatic heterocycles. The smallest absolute Gasteiger partial charge is 0.303 e. The lowest BCUT2D eigenvalue weighted by Crippen LogP contribution is -2.39. The first-order valence-electron chi connectivity index (χ1n) is 7.64. The van der Waals surface area contributed by atoms with Crippen LogP contribution in [-0.4, -0.2) is 35.7 Å². The largest absolute Gasteiger partial charge is 0.481 e. The molecular weight excluding hydrogens is 258 g/mol. The lowest BCUT2D eigenvalue weighted by atomic mass is 10.1. The van der Waals surface area contributed by atoms with E-state index in [0.717, 1.165) is 12.8 Å². The molecule has 5 nitrogen and oxygen atoms in total. The molecule has 0 saturated heterocycles. The average Bonchev–Trinajstić information content (AvgIpc) is 2.63. The van der Waals surface area contributed by atoms with Crippen LogP contribution in [0.1, 0.15) is 58.8 Å². The number of hydrogen-bond donors (Lipinski definition) is 2. The van der Waals surface area contributed by atoms with Crippen molar-refractivity contribution < 1.29 is 19.4 Å². The zero-order valence-electron chi connectivity index (χ0n) is 12.6. The van der Waals surface area contributed by atoms with Gasteiger partial charge >= 0.3 is 5.97 Å². The third kappa shape index (κ3) is 6.89. The quantitative estimate of drug-likeness (QED) is 0.704. The minimum absolute atomic E-state index is 0.0676. The average molecular weight is 285 g/mol. The van der Waals surface area contributed by atoms with Gasteiger partial charge in [0.2, 0.25) is 5.91 Å². The molecule has 0 spiro atoms. The Kier molecular flexibility index (Phi) is 7.59. The summed E-state index contributed by atoms with van der Waals surface area (Å²) in [7, 11) is 0. The van der Waals surface area contributed by atoms with Gasteiger partial charge in [-0.05, 0) is 25.7 Å². The molecule has 2 N–H and O–H groups in total. The fourth-order valence-corrected chi connectivity index (χ4v) is 2.52. The highest BCUT2D eigenvalue weighted by atomic mass is 16.5. The number of hydrogen-bond acceptors (Lipinski definition) is 3. The molecule has 0 aromatic rings. The second kappa shape index (κ2) is 8.95. The van der Waals surface area contributed by atoms with Crippen molar-refractivity contribution >= 4 is 11.9 Å². The van der Waals surface area contributed by atoms with E-state index in [-0.39, 0.29) is 24.3 Å². The third-order valence-corrected chi connectivity index (χ3v) is 3.72. The van der Waals surface area contributed by atoms with E-state index in [0.29, 0.717) is 6.54 Å². The van der Waals surface area contributed by atoms with Gasteiger partial charge in [0, 0.05) is 13.0 Å². The lowest BCUT2D eigenvalue weighted by molar-refractivity contribution is -0.139. The van der Waals surface area contributed by atoms with E-state index >= 15 is 0 Å². The number of carboxylic acids is 1. The molecule has 1 fully saturated rings. The van der Waals surface area contributed by atoms with Gasteiger partial charge in [-0.3, -0.25) is 9.59 Å². The van der Waals surface area contributed by atoms with Gasteiger partial charge in [-0.15, -0.1) is 0 Å². The van der Waals surface area contributed by atoms with E-state index in [2.05, 4.69) is 5.32 Å². The number of amides is 1. The Balaban J connectivity index is 2.25. The van der Waals surface area contributed by atoms with Crippen molar-refractivity contribution in [2.45, 2.75) is 71.0 Å². The van der Waals surface area contributed by atoms with Gasteiger partial charge in [0.1, 0.15) is 6.10 Å². The number of nitrogens with one attached hydrogen (secondary N) is 1. The van der Waals surface area contributed by atoms with Crippen LogP contribution in [0.2, 0.25) is 0 Å². The maximum atomic E-state index is 11.9. The van der Waals surface area contributed by atoms with Gasteiger partial charge in [0.25, 0.3) is 0 Å². The molecule has 1 rings (SSSR count). The monoisotopic (exact) mass is 285 g/mol. The normalized spacial score (nSPS) is 19.9. The number of ether oxygens (including phenoxy) is 1. The molecule has 1 amide bonds. The number of carboxylic acid groups (broad SMARTS) is 1. The van der Waals surface area contributed by atoms with Crippen molar-refractivity contribution in [3.8, 4) is 0 Å². The van der Waals surface area contributed by atoms with Gasteiger partial charge in [-0.1, -0.05) is 32.6 Å². The fourth-order valence-electron chi connectivity index (χ4n) is 2.52. The summed E-state index contributed by atoms with van der Waals surface area (Å²) < 4.78 is 5.82. The van der Waals surface area contributed by atoms with Crippen LogP contribution in [0.25, 0.3) is 0 Å². The standard InChI is InChI=1S/C15H27NO4/c1-11(9-14(17)18)10-16-15(19)12(2)20-13-7-5-3-4-6-8-13/h11-13H,3-10H2,1-2H3,(H,16,19)(H,17,18). The summed E-state index contributed by atoms with van der Waals surface area (Å²) in [6.45, 7) is 3.96. The lowest BCUT2D eigenvalue weighted by Gasteiger charge is -2.21. The maximum absolute atomic E-state index is 11.9. The first-order valence-corrected chi connectivity index (χ1v) is 7.64. The van der Waals surface area contributed by atoms with Crippen molar-refractivity contribution in [1.82, 2.24) is 5.32 Å². The Morgan fingerprint density at radius 3 is 2.35 bits per heavy atom. The highest BCUT2D eigenvalue weighted by Crippen LogP contribution is 2.20. The molecule has 116 valence electrons. The predicted molar refractivity (Wildman–Crippen MR) is 76.5 cm³/mol. The second-order valence-electron chi connectivity index (χ2n) is 5.84. The third-order valence-electron chi connectivity index (χ3n) is 3.72. The second-order valence-corrected chi connectivity index (χ2v) is 5.84. The molecule has 1 aliphatic carbocycles. The fraction of sp³-hybridized carbons (Fsp3) is 0.867. The molecule has 2 atom stereocenters. The summed E-state index contributed by atoms with van der Waals surface area (Å²) in [5.74, 6) is -1.05. The molecule has 0 aromatic carbocycles. The van der Waals surface area contributed by atoms with Crippen LogP contribution in [-0.2, 0) is 14.3 Å². The molecular formula is C15H27NO4. The first-order chi connectivity index (χ1) is 9.49. The summed E-state index contributed by atoms with van der Waals surface area (Å²) in [6.07, 6.45) is 6.73. The summed E-state index contributed by atoms with van der Waals surface area (Å²) in [5.41, 5.74) is 0. The predicted octanol–water partition coefficient (Wildman–Crippen LogP) is 2.34. The van der Waals surface area contributed by atoms with Crippen LogP contribution >= 0.6 is 0 Å². The van der Waals surface area contributed by atoms with Gasteiger partial charge in [0.15, 0.2) is 0 Å². The highest BCUT2D eigenvalue weighted by molar-refractivity contribution is 5.80. The van der Waals surface area contributed by atoms with E-state index in [1.807, 2.05) is 6.92 Å². The van der Waals surface area contributed by atoms with E-state index in [1.54, 1.807) is 6.92 Å². The number of carbonyl (C=O) groups is 2. The highest BCUT2D eigenvalue weighted by Gasteiger charge is 2.20. The molecule has 1 saturated carbocycles. The Morgan fingerprint density at radius 1 is 1.20 bits per heavy atom. The van der Waals surface area contributed by atoms with Crippen LogP contribution < -0.4 is 5.32 Å². The van der Waals surface area contributed by atoms with Crippen LogP contribution in [0.5, 0.6) is 0 Å². The number of rotatable bonds is 7. The SMILES string of the molecule is CC(CNC(=O)C(C)OC1CCCCCC1)CC(=O)O. The summed E-state index contributed by atoms with van der Waals surface area (Å²) in [6, 6.07) is 0. The maximum Gasteiger partial charge on any atom is 0.303 e. The Hall–Kier alpha value is -1.10. The van der Waals surface area contributed by atoms with E-state index in [9.17, 15) is 9.59 Å². The van der Waals surface area contributed by atoms with Crippen molar-refractivity contribution in [2.24, 2.45) is 5.92 Å².